The molecule has 0 aliphatic heterocycles. The fraction of sp³-hybridized carbons (Fsp3) is 0.150. The van der Waals surface area contributed by atoms with Crippen molar-refractivity contribution in [1.29, 1.82) is 0 Å². The summed E-state index contributed by atoms with van der Waals surface area (Å²) in [6, 6.07) is 16.1. The van der Waals surface area contributed by atoms with E-state index in [1.54, 1.807) is 31.2 Å². The second kappa shape index (κ2) is 7.65. The van der Waals surface area contributed by atoms with Crippen LogP contribution in [0.4, 0.5) is 5.69 Å². The molecule has 0 bridgehead atoms. The molecule has 6 heteroatoms. The smallest absolute Gasteiger partial charge is 0.337 e. The zero-order valence-corrected chi connectivity index (χ0v) is 14.5. The summed E-state index contributed by atoms with van der Waals surface area (Å²) in [6.45, 7) is 1.78. The first-order valence-electron chi connectivity index (χ1n) is 8.07. The van der Waals surface area contributed by atoms with Gasteiger partial charge in [0.05, 0.1) is 24.8 Å². The number of carbonyl (C=O) groups excluding carboxylic acids is 2. The average molecular weight is 350 g/mol. The van der Waals surface area contributed by atoms with Crippen LogP contribution in [0.1, 0.15) is 21.8 Å². The SMILES string of the molecule is COC(=O)c1cccc(NC(=O)Cc2nc(-c3ccccc3)oc2C)c1. The van der Waals surface area contributed by atoms with Crippen molar-refractivity contribution in [3.05, 3.63) is 71.6 Å². The van der Waals surface area contributed by atoms with Gasteiger partial charge in [-0.25, -0.2) is 9.78 Å². The van der Waals surface area contributed by atoms with Crippen molar-refractivity contribution in [3.63, 3.8) is 0 Å². The Labute approximate surface area is 150 Å². The Hall–Kier alpha value is -3.41. The molecule has 3 aromatic rings. The molecule has 2 aromatic carbocycles. The summed E-state index contributed by atoms with van der Waals surface area (Å²) >= 11 is 0. The number of methoxy groups -OCH3 is 1. The standard InChI is InChI=1S/C20H18N2O4/c1-13-17(22-19(26-13)14-7-4-3-5-8-14)12-18(23)21-16-10-6-9-15(11-16)20(24)25-2/h3-11H,12H2,1-2H3,(H,21,23). The first-order valence-corrected chi connectivity index (χ1v) is 8.07. The summed E-state index contributed by atoms with van der Waals surface area (Å²) in [4.78, 5) is 28.3. The van der Waals surface area contributed by atoms with Crippen molar-refractivity contribution >= 4 is 17.6 Å². The van der Waals surface area contributed by atoms with E-state index < -0.39 is 5.97 Å². The second-order valence-corrected chi connectivity index (χ2v) is 5.69. The summed E-state index contributed by atoms with van der Waals surface area (Å²) in [5.41, 5.74) is 2.31. The van der Waals surface area contributed by atoms with Gasteiger partial charge in [-0.1, -0.05) is 24.3 Å². The van der Waals surface area contributed by atoms with Crippen LogP contribution < -0.4 is 5.32 Å². The molecule has 1 aromatic heterocycles. The minimum atomic E-state index is -0.457. The van der Waals surface area contributed by atoms with Crippen LogP contribution in [-0.2, 0) is 16.0 Å². The minimum Gasteiger partial charge on any atom is -0.465 e. The van der Waals surface area contributed by atoms with Crippen LogP contribution in [-0.4, -0.2) is 24.0 Å². The number of carbonyl (C=O) groups is 2. The molecular weight excluding hydrogens is 332 g/mol. The molecular formula is C20H18N2O4. The molecule has 1 heterocycles. The summed E-state index contributed by atoms with van der Waals surface area (Å²) in [7, 11) is 1.31. The third kappa shape index (κ3) is 3.97. The number of hydrogen-bond donors (Lipinski definition) is 1. The molecule has 26 heavy (non-hydrogen) atoms. The number of ether oxygens (including phenoxy) is 1. The maximum atomic E-state index is 12.3. The molecule has 132 valence electrons. The lowest BCUT2D eigenvalue weighted by atomic mass is 10.2. The molecule has 1 amide bonds. The van der Waals surface area contributed by atoms with E-state index in [0.717, 1.165) is 5.56 Å². The Morgan fingerprint density at radius 3 is 2.62 bits per heavy atom. The maximum Gasteiger partial charge on any atom is 0.337 e. The van der Waals surface area contributed by atoms with Crippen LogP contribution in [0.5, 0.6) is 0 Å². The summed E-state index contributed by atoms with van der Waals surface area (Å²) in [6.07, 6.45) is 0.0740. The van der Waals surface area contributed by atoms with Gasteiger partial charge in [-0.05, 0) is 37.3 Å². The van der Waals surface area contributed by atoms with E-state index in [4.69, 9.17) is 4.42 Å². The van der Waals surface area contributed by atoms with Crippen LogP contribution in [0.25, 0.3) is 11.5 Å². The highest BCUT2D eigenvalue weighted by Crippen LogP contribution is 2.22. The number of nitrogens with one attached hydrogen (secondary N) is 1. The van der Waals surface area contributed by atoms with Crippen LogP contribution in [0.2, 0.25) is 0 Å². The average Bonchev–Trinajstić information content (AvgIpc) is 3.02. The van der Waals surface area contributed by atoms with E-state index in [2.05, 4.69) is 15.0 Å². The maximum absolute atomic E-state index is 12.3. The molecule has 0 fully saturated rings. The number of hydrogen-bond acceptors (Lipinski definition) is 5. The van der Waals surface area contributed by atoms with Gasteiger partial charge in [-0.2, -0.15) is 0 Å². The number of esters is 1. The van der Waals surface area contributed by atoms with E-state index >= 15 is 0 Å². The van der Waals surface area contributed by atoms with E-state index in [-0.39, 0.29) is 12.3 Å². The third-order valence-electron chi connectivity index (χ3n) is 3.81. The molecule has 0 aliphatic carbocycles. The lowest BCUT2D eigenvalue weighted by Crippen LogP contribution is -2.15. The van der Waals surface area contributed by atoms with Crippen molar-refractivity contribution in [1.82, 2.24) is 4.98 Å². The molecule has 0 atom stereocenters. The number of aryl methyl sites for hydroxylation is 1. The van der Waals surface area contributed by atoms with E-state index in [1.165, 1.54) is 7.11 Å². The fourth-order valence-electron chi connectivity index (χ4n) is 2.50. The van der Waals surface area contributed by atoms with Crippen molar-refractivity contribution in [3.8, 4) is 11.5 Å². The molecule has 1 N–H and O–H groups in total. The first-order chi connectivity index (χ1) is 12.6. The molecule has 0 saturated heterocycles. The second-order valence-electron chi connectivity index (χ2n) is 5.69. The zero-order valence-electron chi connectivity index (χ0n) is 14.5. The summed E-state index contributed by atoms with van der Waals surface area (Å²) < 4.78 is 10.3. The van der Waals surface area contributed by atoms with E-state index in [9.17, 15) is 9.59 Å². The number of rotatable bonds is 5. The van der Waals surface area contributed by atoms with Gasteiger partial charge in [0.1, 0.15) is 5.76 Å². The van der Waals surface area contributed by atoms with Gasteiger partial charge in [-0.15, -0.1) is 0 Å². The Balaban J connectivity index is 1.71. The van der Waals surface area contributed by atoms with Crippen molar-refractivity contribution in [2.75, 3.05) is 12.4 Å². The molecule has 0 aliphatic rings. The van der Waals surface area contributed by atoms with Crippen LogP contribution in [0.3, 0.4) is 0 Å². The van der Waals surface area contributed by atoms with E-state index in [1.807, 2.05) is 30.3 Å². The molecule has 0 unspecified atom stereocenters. The van der Waals surface area contributed by atoms with Crippen LogP contribution >= 0.6 is 0 Å². The van der Waals surface area contributed by atoms with Gasteiger partial charge in [0.15, 0.2) is 0 Å². The Kier molecular flexibility index (Phi) is 5.12. The Morgan fingerprint density at radius 2 is 1.88 bits per heavy atom. The number of amides is 1. The van der Waals surface area contributed by atoms with Gasteiger partial charge in [0, 0.05) is 11.3 Å². The molecule has 6 nitrogen and oxygen atoms in total. The van der Waals surface area contributed by atoms with Gasteiger partial charge in [0.2, 0.25) is 11.8 Å². The van der Waals surface area contributed by atoms with Gasteiger partial charge in [0.25, 0.3) is 0 Å². The predicted octanol–water partition coefficient (Wildman–Crippen LogP) is 3.62. The monoisotopic (exact) mass is 350 g/mol. The summed E-state index contributed by atoms with van der Waals surface area (Å²) in [5, 5.41) is 2.76. The normalized spacial score (nSPS) is 10.4. The minimum absolute atomic E-state index is 0.0740. The molecule has 3 rings (SSSR count). The topological polar surface area (TPSA) is 81.4 Å². The zero-order chi connectivity index (χ0) is 18.5. The number of benzene rings is 2. The number of aromatic nitrogens is 1. The highest BCUT2D eigenvalue weighted by molar-refractivity contribution is 5.95. The largest absolute Gasteiger partial charge is 0.465 e. The Bertz CT molecular complexity index is 932. The highest BCUT2D eigenvalue weighted by Gasteiger charge is 2.15. The lowest BCUT2D eigenvalue weighted by molar-refractivity contribution is -0.115. The van der Waals surface area contributed by atoms with Gasteiger partial charge < -0.3 is 14.5 Å². The van der Waals surface area contributed by atoms with E-state index in [0.29, 0.717) is 28.6 Å². The highest BCUT2D eigenvalue weighted by atomic mass is 16.5. The molecule has 0 saturated carbocycles. The predicted molar refractivity (Wildman–Crippen MR) is 96.8 cm³/mol. The third-order valence-corrected chi connectivity index (χ3v) is 3.81. The Morgan fingerprint density at radius 1 is 1.12 bits per heavy atom. The fourth-order valence-corrected chi connectivity index (χ4v) is 2.50. The lowest BCUT2D eigenvalue weighted by Gasteiger charge is -2.06. The van der Waals surface area contributed by atoms with Crippen molar-refractivity contribution in [2.45, 2.75) is 13.3 Å². The van der Waals surface area contributed by atoms with Crippen molar-refractivity contribution in [2.24, 2.45) is 0 Å². The molecule has 0 spiro atoms. The molecule has 0 radical (unpaired) electrons. The van der Waals surface area contributed by atoms with Gasteiger partial charge >= 0.3 is 5.97 Å². The van der Waals surface area contributed by atoms with Gasteiger partial charge in [-0.3, -0.25) is 4.79 Å². The van der Waals surface area contributed by atoms with Crippen LogP contribution in [0, 0.1) is 6.92 Å². The summed E-state index contributed by atoms with van der Waals surface area (Å²) in [5.74, 6) is 0.380. The number of nitrogens with zero attached hydrogens (tertiary/aromatic N) is 1. The number of oxazole rings is 1. The first kappa shape index (κ1) is 17.4. The quantitative estimate of drug-likeness (QED) is 0.711. The van der Waals surface area contributed by atoms with Crippen LogP contribution in [0.15, 0.2) is 59.0 Å². The van der Waals surface area contributed by atoms with Crippen molar-refractivity contribution < 1.29 is 18.7 Å². The number of anilines is 1.